The SMILES string of the molecule is CCc1c(C(C)C)n(N)c2ccccc12. The van der Waals surface area contributed by atoms with Gasteiger partial charge in [-0.15, -0.1) is 0 Å². The molecular formula is C13H18N2. The van der Waals surface area contributed by atoms with Crippen LogP contribution < -0.4 is 5.84 Å². The summed E-state index contributed by atoms with van der Waals surface area (Å²) in [6, 6.07) is 8.35. The molecule has 0 spiro atoms. The van der Waals surface area contributed by atoms with Crippen molar-refractivity contribution in [2.45, 2.75) is 33.1 Å². The number of fused-ring (bicyclic) bond motifs is 1. The number of benzene rings is 1. The Balaban J connectivity index is 2.84. The van der Waals surface area contributed by atoms with E-state index in [0.29, 0.717) is 5.92 Å². The summed E-state index contributed by atoms with van der Waals surface area (Å²) in [7, 11) is 0. The fourth-order valence-corrected chi connectivity index (χ4v) is 2.35. The summed E-state index contributed by atoms with van der Waals surface area (Å²) in [6.07, 6.45) is 1.04. The van der Waals surface area contributed by atoms with Crippen molar-refractivity contribution in [3.63, 3.8) is 0 Å². The Morgan fingerprint density at radius 3 is 2.53 bits per heavy atom. The van der Waals surface area contributed by atoms with E-state index in [9.17, 15) is 0 Å². The van der Waals surface area contributed by atoms with Gasteiger partial charge in [0, 0.05) is 11.1 Å². The van der Waals surface area contributed by atoms with Crippen LogP contribution in [0.5, 0.6) is 0 Å². The van der Waals surface area contributed by atoms with Gasteiger partial charge in [0.2, 0.25) is 0 Å². The van der Waals surface area contributed by atoms with Gasteiger partial charge in [0.15, 0.2) is 0 Å². The lowest BCUT2D eigenvalue weighted by Crippen LogP contribution is -2.13. The molecule has 2 nitrogen and oxygen atoms in total. The van der Waals surface area contributed by atoms with Crippen LogP contribution in [0.25, 0.3) is 10.9 Å². The van der Waals surface area contributed by atoms with E-state index >= 15 is 0 Å². The van der Waals surface area contributed by atoms with Gasteiger partial charge in [-0.2, -0.15) is 0 Å². The first kappa shape index (κ1) is 10.1. The van der Waals surface area contributed by atoms with E-state index in [1.807, 2.05) is 10.7 Å². The fourth-order valence-electron chi connectivity index (χ4n) is 2.35. The van der Waals surface area contributed by atoms with Crippen molar-refractivity contribution >= 4 is 10.9 Å². The van der Waals surface area contributed by atoms with Crippen molar-refractivity contribution < 1.29 is 0 Å². The minimum atomic E-state index is 0.470. The lowest BCUT2D eigenvalue weighted by atomic mass is 10.0. The minimum absolute atomic E-state index is 0.470. The summed E-state index contributed by atoms with van der Waals surface area (Å²) < 4.78 is 1.85. The molecule has 0 amide bonds. The van der Waals surface area contributed by atoms with E-state index in [2.05, 4.69) is 39.0 Å². The van der Waals surface area contributed by atoms with Crippen LogP contribution in [-0.4, -0.2) is 4.68 Å². The second-order valence-corrected chi connectivity index (χ2v) is 4.26. The highest BCUT2D eigenvalue weighted by atomic mass is 15.3. The average molecular weight is 202 g/mol. The van der Waals surface area contributed by atoms with Gasteiger partial charge in [0.25, 0.3) is 0 Å². The zero-order chi connectivity index (χ0) is 11.0. The molecule has 0 saturated carbocycles. The van der Waals surface area contributed by atoms with Crippen molar-refractivity contribution in [3.8, 4) is 0 Å². The third kappa shape index (κ3) is 1.41. The number of para-hydroxylation sites is 1. The van der Waals surface area contributed by atoms with Gasteiger partial charge in [-0.3, -0.25) is 4.68 Å². The van der Waals surface area contributed by atoms with Crippen LogP contribution in [0.3, 0.4) is 0 Å². The van der Waals surface area contributed by atoms with Gasteiger partial charge in [-0.25, -0.2) is 0 Å². The standard InChI is InChI=1S/C13H18N2/c1-4-10-11-7-5-6-8-12(11)15(14)13(10)9(2)3/h5-9H,4,14H2,1-3H3. The van der Waals surface area contributed by atoms with Crippen LogP contribution in [0.1, 0.15) is 37.9 Å². The van der Waals surface area contributed by atoms with E-state index in [1.54, 1.807) is 0 Å². The molecule has 0 unspecified atom stereocenters. The molecule has 15 heavy (non-hydrogen) atoms. The van der Waals surface area contributed by atoms with Crippen molar-refractivity contribution in [1.82, 2.24) is 4.68 Å². The van der Waals surface area contributed by atoms with Gasteiger partial charge < -0.3 is 5.84 Å². The Bertz CT molecular complexity index is 480. The third-order valence-corrected chi connectivity index (χ3v) is 2.96. The van der Waals surface area contributed by atoms with E-state index in [0.717, 1.165) is 11.9 Å². The van der Waals surface area contributed by atoms with Gasteiger partial charge in [0.1, 0.15) is 0 Å². The molecule has 0 aliphatic carbocycles. The van der Waals surface area contributed by atoms with Crippen LogP contribution in [0.4, 0.5) is 0 Å². The number of aryl methyl sites for hydroxylation is 1. The molecule has 0 fully saturated rings. The highest BCUT2D eigenvalue weighted by Crippen LogP contribution is 2.29. The number of hydrogen-bond acceptors (Lipinski definition) is 1. The molecule has 0 aliphatic heterocycles. The first-order valence-corrected chi connectivity index (χ1v) is 5.54. The third-order valence-electron chi connectivity index (χ3n) is 2.96. The van der Waals surface area contributed by atoms with Crippen LogP contribution in [0, 0.1) is 0 Å². The minimum Gasteiger partial charge on any atom is -0.339 e. The molecule has 2 aromatic rings. The van der Waals surface area contributed by atoms with Gasteiger partial charge in [0.05, 0.1) is 5.52 Å². The predicted molar refractivity (Wildman–Crippen MR) is 65.6 cm³/mol. The summed E-state index contributed by atoms with van der Waals surface area (Å²) >= 11 is 0. The van der Waals surface area contributed by atoms with Crippen molar-refractivity contribution in [2.75, 3.05) is 5.84 Å². The van der Waals surface area contributed by atoms with E-state index in [4.69, 9.17) is 5.84 Å². The molecule has 2 N–H and O–H groups in total. The topological polar surface area (TPSA) is 30.9 Å². The normalized spacial score (nSPS) is 11.5. The van der Waals surface area contributed by atoms with Crippen molar-refractivity contribution in [2.24, 2.45) is 0 Å². The Kier molecular flexibility index (Phi) is 2.43. The smallest absolute Gasteiger partial charge is 0.0696 e. The quantitative estimate of drug-likeness (QED) is 0.745. The Morgan fingerprint density at radius 2 is 1.93 bits per heavy atom. The molecule has 80 valence electrons. The second-order valence-electron chi connectivity index (χ2n) is 4.26. The number of rotatable bonds is 2. The monoisotopic (exact) mass is 202 g/mol. The maximum Gasteiger partial charge on any atom is 0.0696 e. The lowest BCUT2D eigenvalue weighted by molar-refractivity contribution is 0.765. The highest BCUT2D eigenvalue weighted by Gasteiger charge is 2.15. The van der Waals surface area contributed by atoms with Crippen molar-refractivity contribution in [3.05, 3.63) is 35.5 Å². The molecule has 0 saturated heterocycles. The Hall–Kier alpha value is -1.44. The van der Waals surface area contributed by atoms with E-state index in [-0.39, 0.29) is 0 Å². The molecule has 1 aromatic heterocycles. The molecular weight excluding hydrogens is 184 g/mol. The molecule has 0 atom stereocenters. The van der Waals surface area contributed by atoms with Gasteiger partial charge >= 0.3 is 0 Å². The van der Waals surface area contributed by atoms with E-state index in [1.165, 1.54) is 16.6 Å². The van der Waals surface area contributed by atoms with Crippen LogP contribution in [0.15, 0.2) is 24.3 Å². The highest BCUT2D eigenvalue weighted by molar-refractivity contribution is 5.85. The van der Waals surface area contributed by atoms with E-state index < -0.39 is 0 Å². The number of nitrogens with two attached hydrogens (primary N) is 1. The summed E-state index contributed by atoms with van der Waals surface area (Å²) in [5, 5.41) is 1.30. The molecule has 2 rings (SSSR count). The molecule has 0 radical (unpaired) electrons. The average Bonchev–Trinajstić information content (AvgIpc) is 2.52. The lowest BCUT2D eigenvalue weighted by Gasteiger charge is -2.09. The van der Waals surface area contributed by atoms with Crippen LogP contribution >= 0.6 is 0 Å². The van der Waals surface area contributed by atoms with Crippen LogP contribution in [-0.2, 0) is 6.42 Å². The van der Waals surface area contributed by atoms with Crippen LogP contribution in [0.2, 0.25) is 0 Å². The Morgan fingerprint density at radius 1 is 1.27 bits per heavy atom. The zero-order valence-electron chi connectivity index (χ0n) is 9.62. The molecule has 0 aliphatic rings. The number of nitrogens with zero attached hydrogens (tertiary/aromatic N) is 1. The van der Waals surface area contributed by atoms with Gasteiger partial charge in [-0.1, -0.05) is 39.0 Å². The molecule has 1 aromatic carbocycles. The number of aromatic nitrogens is 1. The second kappa shape index (κ2) is 3.61. The summed E-state index contributed by atoms with van der Waals surface area (Å²) in [5.74, 6) is 6.60. The predicted octanol–water partition coefficient (Wildman–Crippen LogP) is 3.04. The molecule has 1 heterocycles. The number of hydrogen-bond donors (Lipinski definition) is 1. The number of nitrogen functional groups attached to an aromatic ring is 1. The van der Waals surface area contributed by atoms with Crippen molar-refractivity contribution in [1.29, 1.82) is 0 Å². The molecule has 2 heteroatoms. The fraction of sp³-hybridized carbons (Fsp3) is 0.385. The maximum atomic E-state index is 6.13. The first-order valence-electron chi connectivity index (χ1n) is 5.54. The summed E-state index contributed by atoms with van der Waals surface area (Å²) in [4.78, 5) is 0. The zero-order valence-corrected chi connectivity index (χ0v) is 9.62. The Labute approximate surface area is 90.7 Å². The summed E-state index contributed by atoms with van der Waals surface area (Å²) in [6.45, 7) is 6.57. The maximum absolute atomic E-state index is 6.13. The summed E-state index contributed by atoms with van der Waals surface area (Å²) in [5.41, 5.74) is 3.79. The molecule has 0 bridgehead atoms. The largest absolute Gasteiger partial charge is 0.339 e. The first-order chi connectivity index (χ1) is 7.16. The van der Waals surface area contributed by atoms with Gasteiger partial charge in [-0.05, 0) is 24.0 Å².